The minimum absolute atomic E-state index is 0.0360. The van der Waals surface area contributed by atoms with Gasteiger partial charge < -0.3 is 14.8 Å². The molecule has 2 N–H and O–H groups in total. The number of carboxylic acid groups (broad SMARTS) is 1. The molecule has 2 atom stereocenters. The Hall–Kier alpha value is -1.66. The number of hydrogen-bond acceptors (Lipinski definition) is 5. The number of carboxylic acids is 1. The zero-order valence-corrected chi connectivity index (χ0v) is 12.7. The van der Waals surface area contributed by atoms with Gasteiger partial charge in [-0.1, -0.05) is 0 Å². The summed E-state index contributed by atoms with van der Waals surface area (Å²) in [5.74, 6) is -0.468. The Labute approximate surface area is 121 Å². The van der Waals surface area contributed by atoms with E-state index in [4.69, 9.17) is 9.52 Å². The van der Waals surface area contributed by atoms with E-state index in [-0.39, 0.29) is 17.8 Å². The third-order valence-electron chi connectivity index (χ3n) is 3.10. The van der Waals surface area contributed by atoms with Crippen molar-refractivity contribution in [3.63, 3.8) is 0 Å². The molecular formula is C14H18N2O3S. The summed E-state index contributed by atoms with van der Waals surface area (Å²) in [6, 6.07) is 3.23. The number of aromatic carboxylic acids is 1. The summed E-state index contributed by atoms with van der Waals surface area (Å²) in [6.45, 7) is 8.00. The molecule has 0 aliphatic rings. The smallest absolute Gasteiger partial charge is 0.371 e. The molecule has 0 amide bonds. The lowest BCUT2D eigenvalue weighted by atomic mass is 10.2. The first-order chi connectivity index (χ1) is 9.38. The summed E-state index contributed by atoms with van der Waals surface area (Å²) < 4.78 is 5.30. The van der Waals surface area contributed by atoms with Crippen LogP contribution in [0.5, 0.6) is 0 Å². The first kappa shape index (κ1) is 14.7. The molecule has 0 spiro atoms. The molecule has 0 fully saturated rings. The number of thiazole rings is 1. The topological polar surface area (TPSA) is 75.4 Å². The van der Waals surface area contributed by atoms with Crippen LogP contribution in [0.2, 0.25) is 0 Å². The molecular weight excluding hydrogens is 276 g/mol. The summed E-state index contributed by atoms with van der Waals surface area (Å²) >= 11 is 1.67. The van der Waals surface area contributed by atoms with Crippen molar-refractivity contribution in [1.82, 2.24) is 10.3 Å². The van der Waals surface area contributed by atoms with Crippen molar-refractivity contribution in [2.45, 2.75) is 39.8 Å². The summed E-state index contributed by atoms with van der Waals surface area (Å²) in [4.78, 5) is 16.4. The van der Waals surface area contributed by atoms with E-state index in [9.17, 15) is 4.79 Å². The Morgan fingerprint density at radius 1 is 1.35 bits per heavy atom. The number of hydrogen-bond donors (Lipinski definition) is 2. The number of nitrogens with one attached hydrogen (secondary N) is 1. The van der Waals surface area contributed by atoms with Crippen molar-refractivity contribution in [1.29, 1.82) is 0 Å². The molecule has 2 unspecified atom stereocenters. The number of nitrogens with zero attached hydrogens (tertiary/aromatic N) is 1. The van der Waals surface area contributed by atoms with Crippen LogP contribution in [-0.4, -0.2) is 16.1 Å². The molecule has 20 heavy (non-hydrogen) atoms. The zero-order valence-electron chi connectivity index (χ0n) is 11.9. The van der Waals surface area contributed by atoms with E-state index >= 15 is 0 Å². The molecule has 0 saturated carbocycles. The second-order valence-corrected chi connectivity index (χ2v) is 6.03. The van der Waals surface area contributed by atoms with Crippen molar-refractivity contribution in [2.75, 3.05) is 0 Å². The number of rotatable bonds is 5. The first-order valence-corrected chi connectivity index (χ1v) is 7.23. The molecule has 0 saturated heterocycles. The average Bonchev–Trinajstić information content (AvgIpc) is 2.95. The maximum absolute atomic E-state index is 10.8. The van der Waals surface area contributed by atoms with Crippen molar-refractivity contribution in [3.05, 3.63) is 39.2 Å². The molecule has 0 aromatic carbocycles. The fourth-order valence-corrected chi connectivity index (χ4v) is 3.12. The predicted molar refractivity (Wildman–Crippen MR) is 77.2 cm³/mol. The maximum Gasteiger partial charge on any atom is 0.371 e. The number of carbonyl (C=O) groups is 1. The van der Waals surface area contributed by atoms with Crippen LogP contribution in [0.1, 0.15) is 57.8 Å². The lowest BCUT2D eigenvalue weighted by Gasteiger charge is -2.17. The fraction of sp³-hybridized carbons (Fsp3) is 0.429. The third-order valence-corrected chi connectivity index (χ3v) is 4.35. The highest BCUT2D eigenvalue weighted by molar-refractivity contribution is 7.11. The van der Waals surface area contributed by atoms with E-state index in [1.165, 1.54) is 10.9 Å². The second kappa shape index (κ2) is 5.76. The van der Waals surface area contributed by atoms with Gasteiger partial charge in [0.25, 0.3) is 0 Å². The monoisotopic (exact) mass is 294 g/mol. The highest BCUT2D eigenvalue weighted by atomic mass is 32.1. The molecule has 6 heteroatoms. The number of aromatic nitrogens is 1. The molecule has 2 aromatic heterocycles. The number of aryl methyl sites for hydroxylation is 2. The van der Waals surface area contributed by atoms with Gasteiger partial charge in [0.05, 0.1) is 16.7 Å². The Morgan fingerprint density at radius 2 is 2.05 bits per heavy atom. The van der Waals surface area contributed by atoms with Gasteiger partial charge in [0.2, 0.25) is 5.76 Å². The minimum Gasteiger partial charge on any atom is -0.475 e. The lowest BCUT2D eigenvalue weighted by molar-refractivity contribution is 0.0659. The second-order valence-electron chi connectivity index (χ2n) is 4.80. The van der Waals surface area contributed by atoms with Crippen LogP contribution in [0.3, 0.4) is 0 Å². The van der Waals surface area contributed by atoms with E-state index in [0.29, 0.717) is 5.76 Å². The van der Waals surface area contributed by atoms with Gasteiger partial charge in [-0.3, -0.25) is 0 Å². The van der Waals surface area contributed by atoms with Crippen LogP contribution in [-0.2, 0) is 0 Å². The van der Waals surface area contributed by atoms with Crippen molar-refractivity contribution >= 4 is 17.3 Å². The normalized spacial score (nSPS) is 14.2. The Balaban J connectivity index is 2.08. The Morgan fingerprint density at radius 3 is 2.55 bits per heavy atom. The Kier molecular flexibility index (Phi) is 4.25. The van der Waals surface area contributed by atoms with Crippen LogP contribution >= 0.6 is 11.3 Å². The SMILES string of the molecule is Cc1nc(C)c(C(C)NC(C)c2ccc(C(=O)O)o2)s1. The molecule has 2 aromatic rings. The van der Waals surface area contributed by atoms with Crippen LogP contribution < -0.4 is 5.32 Å². The van der Waals surface area contributed by atoms with E-state index in [1.54, 1.807) is 17.4 Å². The summed E-state index contributed by atoms with van der Waals surface area (Å²) in [6.07, 6.45) is 0. The largest absolute Gasteiger partial charge is 0.475 e. The summed E-state index contributed by atoms with van der Waals surface area (Å²) in [5.41, 5.74) is 1.03. The first-order valence-electron chi connectivity index (χ1n) is 6.41. The molecule has 0 aliphatic heterocycles. The molecule has 2 heterocycles. The van der Waals surface area contributed by atoms with Gasteiger partial charge in [0, 0.05) is 10.9 Å². The maximum atomic E-state index is 10.8. The van der Waals surface area contributed by atoms with Crippen LogP contribution in [0.4, 0.5) is 0 Å². The minimum atomic E-state index is -1.05. The zero-order chi connectivity index (χ0) is 14.9. The molecule has 0 aliphatic carbocycles. The molecule has 0 radical (unpaired) electrons. The number of furan rings is 1. The fourth-order valence-electron chi connectivity index (χ4n) is 2.18. The van der Waals surface area contributed by atoms with Crippen LogP contribution in [0, 0.1) is 13.8 Å². The molecule has 5 nitrogen and oxygen atoms in total. The van der Waals surface area contributed by atoms with Gasteiger partial charge in [-0.25, -0.2) is 9.78 Å². The summed E-state index contributed by atoms with van der Waals surface area (Å²) in [7, 11) is 0. The Bertz CT molecular complexity index is 618. The third kappa shape index (κ3) is 3.08. The van der Waals surface area contributed by atoms with Crippen molar-refractivity contribution in [3.8, 4) is 0 Å². The van der Waals surface area contributed by atoms with E-state index in [2.05, 4.69) is 17.2 Å². The van der Waals surface area contributed by atoms with Crippen LogP contribution in [0.25, 0.3) is 0 Å². The van der Waals surface area contributed by atoms with Gasteiger partial charge in [-0.15, -0.1) is 11.3 Å². The quantitative estimate of drug-likeness (QED) is 0.883. The van der Waals surface area contributed by atoms with Gasteiger partial charge in [-0.05, 0) is 39.8 Å². The van der Waals surface area contributed by atoms with Gasteiger partial charge in [0.15, 0.2) is 0 Å². The molecule has 0 bridgehead atoms. The average molecular weight is 294 g/mol. The van der Waals surface area contributed by atoms with E-state index < -0.39 is 5.97 Å². The van der Waals surface area contributed by atoms with Crippen molar-refractivity contribution < 1.29 is 14.3 Å². The molecule has 108 valence electrons. The summed E-state index contributed by atoms with van der Waals surface area (Å²) in [5, 5.41) is 13.3. The van der Waals surface area contributed by atoms with Gasteiger partial charge in [0.1, 0.15) is 5.76 Å². The highest BCUT2D eigenvalue weighted by Crippen LogP contribution is 2.27. The highest BCUT2D eigenvalue weighted by Gasteiger charge is 2.19. The standard InChI is InChI=1S/C14H18N2O3S/c1-7(11-5-6-12(19-11)14(17)18)15-8(2)13-9(3)16-10(4)20-13/h5-8,15H,1-4H3,(H,17,18). The van der Waals surface area contributed by atoms with E-state index in [0.717, 1.165) is 10.7 Å². The lowest BCUT2D eigenvalue weighted by Crippen LogP contribution is -2.22. The molecule has 2 rings (SSSR count). The van der Waals surface area contributed by atoms with Crippen molar-refractivity contribution in [2.24, 2.45) is 0 Å². The van der Waals surface area contributed by atoms with E-state index in [1.807, 2.05) is 20.8 Å². The van der Waals surface area contributed by atoms with Gasteiger partial charge >= 0.3 is 5.97 Å². The van der Waals surface area contributed by atoms with Gasteiger partial charge in [-0.2, -0.15) is 0 Å². The predicted octanol–water partition coefficient (Wildman–Crippen LogP) is 3.46. The van der Waals surface area contributed by atoms with Crippen LogP contribution in [0.15, 0.2) is 16.5 Å².